The number of carbonyl (C=O) groups excluding carboxylic acids is 2. The number of alkyl halides is 2. The van der Waals surface area contributed by atoms with Crippen LogP contribution < -0.4 is 16.0 Å². The van der Waals surface area contributed by atoms with E-state index >= 15 is 0 Å². The number of anilines is 1. The van der Waals surface area contributed by atoms with Gasteiger partial charge >= 0.3 is 12.0 Å². The standard InChI is InChI=1S/C24H31F2N3O3S2/c1-5-32-22(30)18-15-9-12(2)8-13(3)19(15)34-21(18)29-23(31)28-10-16-14-6-7-27-11-17(14)33-20(16)24(4,25)26/h12-13,27H,5-11H2,1-4H3,(H2,28,29,31). The third kappa shape index (κ3) is 4.99. The van der Waals surface area contributed by atoms with Gasteiger partial charge in [0.2, 0.25) is 0 Å². The maximum Gasteiger partial charge on any atom is 0.341 e. The van der Waals surface area contributed by atoms with E-state index in [9.17, 15) is 18.4 Å². The molecule has 1 aliphatic carbocycles. The largest absolute Gasteiger partial charge is 0.462 e. The number of halogens is 2. The van der Waals surface area contributed by atoms with Gasteiger partial charge in [-0.2, -0.15) is 0 Å². The van der Waals surface area contributed by atoms with Crippen LogP contribution in [0.4, 0.5) is 18.6 Å². The van der Waals surface area contributed by atoms with Gasteiger partial charge in [0.15, 0.2) is 0 Å². The van der Waals surface area contributed by atoms with E-state index in [1.54, 1.807) is 6.92 Å². The van der Waals surface area contributed by atoms with Crippen LogP contribution in [0, 0.1) is 5.92 Å². The van der Waals surface area contributed by atoms with Gasteiger partial charge in [-0.1, -0.05) is 13.8 Å². The average Bonchev–Trinajstić information content (AvgIpc) is 3.31. The van der Waals surface area contributed by atoms with Crippen LogP contribution in [0.2, 0.25) is 0 Å². The van der Waals surface area contributed by atoms with Gasteiger partial charge in [-0.3, -0.25) is 5.32 Å². The molecule has 2 aromatic heterocycles. The summed E-state index contributed by atoms with van der Waals surface area (Å²) >= 11 is 2.52. The van der Waals surface area contributed by atoms with Crippen molar-refractivity contribution in [1.82, 2.24) is 10.6 Å². The van der Waals surface area contributed by atoms with Crippen LogP contribution in [0.5, 0.6) is 0 Å². The second kappa shape index (κ2) is 9.91. The molecule has 2 aliphatic rings. The molecule has 0 aromatic carbocycles. The van der Waals surface area contributed by atoms with Crippen LogP contribution in [0.3, 0.4) is 0 Å². The Balaban J connectivity index is 1.56. The fourth-order valence-corrected chi connectivity index (χ4v) is 7.54. The number of esters is 1. The van der Waals surface area contributed by atoms with E-state index in [1.807, 2.05) is 0 Å². The maximum absolute atomic E-state index is 14.3. The van der Waals surface area contributed by atoms with E-state index in [-0.39, 0.29) is 23.9 Å². The second-order valence-electron chi connectivity index (χ2n) is 9.25. The van der Waals surface area contributed by atoms with Crippen molar-refractivity contribution in [3.63, 3.8) is 0 Å². The third-order valence-electron chi connectivity index (χ3n) is 6.36. The number of hydrogen-bond donors (Lipinski definition) is 3. The molecule has 6 nitrogen and oxygen atoms in total. The number of amides is 2. The van der Waals surface area contributed by atoms with Crippen LogP contribution in [0.15, 0.2) is 0 Å². The van der Waals surface area contributed by atoms with Crippen molar-refractivity contribution < 1.29 is 23.1 Å². The van der Waals surface area contributed by atoms with Crippen molar-refractivity contribution in [1.29, 1.82) is 0 Å². The molecule has 4 rings (SSSR count). The van der Waals surface area contributed by atoms with E-state index in [2.05, 4.69) is 29.8 Å². The van der Waals surface area contributed by atoms with E-state index in [0.717, 1.165) is 58.5 Å². The minimum atomic E-state index is -2.98. The van der Waals surface area contributed by atoms with Crippen LogP contribution in [0.1, 0.15) is 81.7 Å². The van der Waals surface area contributed by atoms with Gasteiger partial charge in [0.05, 0.1) is 17.0 Å². The second-order valence-corrected chi connectivity index (χ2v) is 11.4. The quantitative estimate of drug-likeness (QED) is 0.432. The van der Waals surface area contributed by atoms with Gasteiger partial charge in [-0.25, -0.2) is 18.4 Å². The monoisotopic (exact) mass is 511 g/mol. The molecule has 0 radical (unpaired) electrons. The molecule has 2 amide bonds. The fourth-order valence-electron chi connectivity index (χ4n) is 4.99. The Labute approximate surface area is 206 Å². The van der Waals surface area contributed by atoms with E-state index in [0.29, 0.717) is 35.0 Å². The molecule has 2 unspecified atom stereocenters. The number of thiophene rings is 2. The molecule has 3 N–H and O–H groups in total. The molecular formula is C24H31F2N3O3S2. The van der Waals surface area contributed by atoms with Crippen LogP contribution >= 0.6 is 22.7 Å². The van der Waals surface area contributed by atoms with Crippen LogP contribution in [0.25, 0.3) is 0 Å². The predicted molar refractivity (Wildman–Crippen MR) is 131 cm³/mol. The molecule has 3 heterocycles. The normalized spacial score (nSPS) is 19.8. The molecule has 0 bridgehead atoms. The van der Waals surface area contributed by atoms with Crippen molar-refractivity contribution in [3.05, 3.63) is 36.9 Å². The summed E-state index contributed by atoms with van der Waals surface area (Å²) in [6, 6.07) is -0.524. The zero-order valence-corrected chi connectivity index (χ0v) is 21.5. The first-order valence-corrected chi connectivity index (χ1v) is 13.3. The zero-order chi connectivity index (χ0) is 24.6. The third-order valence-corrected chi connectivity index (χ3v) is 9.19. The Morgan fingerprint density at radius 1 is 1.24 bits per heavy atom. The predicted octanol–water partition coefficient (Wildman–Crippen LogP) is 5.75. The topological polar surface area (TPSA) is 79.5 Å². The number of rotatable bonds is 6. The van der Waals surface area contributed by atoms with Gasteiger partial charge < -0.3 is 15.4 Å². The van der Waals surface area contributed by atoms with E-state index in [4.69, 9.17) is 4.74 Å². The Morgan fingerprint density at radius 3 is 2.71 bits per heavy atom. The molecule has 186 valence electrons. The SMILES string of the molecule is CCOC(=O)c1c(NC(=O)NCc2c(C(C)(F)F)sc3c2CCNC3)sc2c1CC(C)CC2C. The lowest BCUT2D eigenvalue weighted by Gasteiger charge is -2.24. The first kappa shape index (κ1) is 25.1. The number of carbonyl (C=O) groups is 2. The number of nitrogens with one attached hydrogen (secondary N) is 3. The minimum Gasteiger partial charge on any atom is -0.462 e. The van der Waals surface area contributed by atoms with Gasteiger partial charge in [-0.15, -0.1) is 22.7 Å². The smallest absolute Gasteiger partial charge is 0.341 e. The lowest BCUT2D eigenvalue weighted by Crippen LogP contribution is -2.30. The molecular weight excluding hydrogens is 480 g/mol. The first-order chi connectivity index (χ1) is 16.1. The van der Waals surface area contributed by atoms with Crippen molar-refractivity contribution in [2.75, 3.05) is 18.5 Å². The molecule has 0 spiro atoms. The zero-order valence-electron chi connectivity index (χ0n) is 19.9. The highest BCUT2D eigenvalue weighted by atomic mass is 32.1. The Bertz CT molecular complexity index is 1090. The summed E-state index contributed by atoms with van der Waals surface area (Å²) in [7, 11) is 0. The summed E-state index contributed by atoms with van der Waals surface area (Å²) in [5.41, 5.74) is 2.79. The summed E-state index contributed by atoms with van der Waals surface area (Å²) in [5, 5.41) is 9.24. The Hall–Kier alpha value is -2.04. The van der Waals surface area contributed by atoms with Gasteiger partial charge in [0.25, 0.3) is 5.92 Å². The highest BCUT2D eigenvalue weighted by molar-refractivity contribution is 7.17. The molecule has 34 heavy (non-hydrogen) atoms. The molecule has 2 aromatic rings. The fraction of sp³-hybridized carbons (Fsp3) is 0.583. The van der Waals surface area contributed by atoms with Crippen molar-refractivity contribution >= 4 is 39.7 Å². The van der Waals surface area contributed by atoms with E-state index < -0.39 is 17.9 Å². The molecule has 0 fully saturated rings. The summed E-state index contributed by atoms with van der Waals surface area (Å²) in [6.07, 6.45) is 2.44. The average molecular weight is 512 g/mol. The molecule has 0 saturated carbocycles. The summed E-state index contributed by atoms with van der Waals surface area (Å²) < 4.78 is 33.9. The number of hydrogen-bond acceptors (Lipinski definition) is 6. The maximum atomic E-state index is 14.3. The lowest BCUT2D eigenvalue weighted by atomic mass is 9.82. The minimum absolute atomic E-state index is 0.00288. The van der Waals surface area contributed by atoms with Crippen molar-refractivity contribution in [3.8, 4) is 0 Å². The molecule has 0 saturated heterocycles. The van der Waals surface area contributed by atoms with Gasteiger partial charge in [-0.05, 0) is 61.3 Å². The number of fused-ring (bicyclic) bond motifs is 2. The van der Waals surface area contributed by atoms with Crippen LogP contribution in [-0.2, 0) is 36.6 Å². The summed E-state index contributed by atoms with van der Waals surface area (Å²) in [5.74, 6) is -2.70. The molecule has 2 atom stereocenters. The molecule has 10 heteroatoms. The number of urea groups is 1. The first-order valence-electron chi connectivity index (χ1n) is 11.7. The van der Waals surface area contributed by atoms with Gasteiger partial charge in [0, 0.05) is 29.8 Å². The van der Waals surface area contributed by atoms with E-state index in [1.165, 1.54) is 11.3 Å². The Kier molecular flexibility index (Phi) is 7.30. The number of ether oxygens (including phenoxy) is 1. The Morgan fingerprint density at radius 2 is 2.00 bits per heavy atom. The summed E-state index contributed by atoms with van der Waals surface area (Å²) in [6.45, 7) is 8.46. The highest BCUT2D eigenvalue weighted by Gasteiger charge is 2.35. The summed E-state index contributed by atoms with van der Waals surface area (Å²) in [4.78, 5) is 27.6. The van der Waals surface area contributed by atoms with Crippen molar-refractivity contribution in [2.24, 2.45) is 5.92 Å². The lowest BCUT2D eigenvalue weighted by molar-refractivity contribution is 0.0205. The van der Waals surface area contributed by atoms with Crippen molar-refractivity contribution in [2.45, 2.75) is 71.9 Å². The molecule has 1 aliphatic heterocycles. The highest BCUT2D eigenvalue weighted by Crippen LogP contribution is 2.45. The van der Waals surface area contributed by atoms with Gasteiger partial charge in [0.1, 0.15) is 5.00 Å². The van der Waals surface area contributed by atoms with Crippen LogP contribution in [-0.4, -0.2) is 25.2 Å².